The lowest BCUT2D eigenvalue weighted by atomic mass is 10.3. The number of aliphatic carboxylic acids is 1. The highest BCUT2D eigenvalue weighted by Crippen LogP contribution is 2.24. The van der Waals surface area contributed by atoms with Gasteiger partial charge < -0.3 is 10.0 Å². The van der Waals surface area contributed by atoms with Gasteiger partial charge in [-0.15, -0.1) is 0 Å². The number of hydrogen-bond acceptors (Lipinski definition) is 4. The molecule has 0 aliphatic carbocycles. The first-order valence-electron chi connectivity index (χ1n) is 5.61. The molecule has 0 aliphatic heterocycles. The van der Waals surface area contributed by atoms with E-state index in [0.717, 1.165) is 0 Å². The van der Waals surface area contributed by atoms with Crippen molar-refractivity contribution >= 4 is 17.3 Å². The Morgan fingerprint density at radius 1 is 1.50 bits per heavy atom. The second-order valence-corrected chi connectivity index (χ2v) is 4.23. The van der Waals surface area contributed by atoms with Gasteiger partial charge in [-0.25, -0.2) is 9.50 Å². The first-order chi connectivity index (χ1) is 9.26. The molecule has 0 aromatic carbocycles. The highest BCUT2D eigenvalue weighted by molar-refractivity contribution is 5.77. The number of fused-ring (bicyclic) bond motifs is 1. The summed E-state index contributed by atoms with van der Waals surface area (Å²) >= 11 is 0. The molecule has 6 nitrogen and oxygen atoms in total. The summed E-state index contributed by atoms with van der Waals surface area (Å²) in [6.45, 7) is -0.505. The van der Waals surface area contributed by atoms with E-state index < -0.39 is 25.2 Å². The third-order valence-corrected chi connectivity index (χ3v) is 2.49. The Kier molecular flexibility index (Phi) is 3.51. The zero-order valence-electron chi connectivity index (χ0n) is 10.4. The molecule has 0 atom stereocenters. The predicted octanol–water partition coefficient (Wildman–Crippen LogP) is 1.49. The standard InChI is InChI=1S/C11H11F3N4O2/c1-7-4-8-10(15-2-3-18(8)16-7)17(5-9(19)20)6-11(12,13)14/h2-4H,5-6H2,1H3,(H,19,20). The number of hydrogen-bond donors (Lipinski definition) is 1. The molecule has 0 radical (unpaired) electrons. The number of halogens is 3. The molecule has 2 aromatic rings. The van der Waals surface area contributed by atoms with Crippen molar-refractivity contribution in [2.45, 2.75) is 13.1 Å². The minimum Gasteiger partial charge on any atom is -0.480 e. The number of aromatic nitrogens is 3. The van der Waals surface area contributed by atoms with Crippen LogP contribution in [0.2, 0.25) is 0 Å². The number of alkyl halides is 3. The number of carbonyl (C=O) groups is 1. The van der Waals surface area contributed by atoms with Gasteiger partial charge >= 0.3 is 12.1 Å². The number of anilines is 1. The molecule has 2 heterocycles. The largest absolute Gasteiger partial charge is 0.480 e. The summed E-state index contributed by atoms with van der Waals surface area (Å²) in [7, 11) is 0. The molecule has 0 spiro atoms. The van der Waals surface area contributed by atoms with Crippen LogP contribution >= 0.6 is 0 Å². The topological polar surface area (TPSA) is 70.7 Å². The van der Waals surface area contributed by atoms with Gasteiger partial charge in [-0.1, -0.05) is 0 Å². The molecule has 0 amide bonds. The highest BCUT2D eigenvalue weighted by atomic mass is 19.4. The van der Waals surface area contributed by atoms with E-state index in [-0.39, 0.29) is 5.82 Å². The van der Waals surface area contributed by atoms with Crippen LogP contribution in [0.1, 0.15) is 5.69 Å². The molecule has 108 valence electrons. The van der Waals surface area contributed by atoms with Crippen LogP contribution in [0.3, 0.4) is 0 Å². The van der Waals surface area contributed by atoms with Crippen LogP contribution in [0.25, 0.3) is 5.52 Å². The van der Waals surface area contributed by atoms with Crippen LogP contribution in [-0.4, -0.2) is 44.9 Å². The van der Waals surface area contributed by atoms with E-state index in [4.69, 9.17) is 5.11 Å². The average Bonchev–Trinajstić information content (AvgIpc) is 2.65. The molecular weight excluding hydrogens is 277 g/mol. The van der Waals surface area contributed by atoms with Gasteiger partial charge in [0.2, 0.25) is 0 Å². The Balaban J connectivity index is 2.47. The Bertz CT molecular complexity index is 638. The minimum atomic E-state index is -4.53. The van der Waals surface area contributed by atoms with Crippen LogP contribution in [0.5, 0.6) is 0 Å². The molecule has 2 rings (SSSR count). The lowest BCUT2D eigenvalue weighted by Gasteiger charge is -2.23. The Morgan fingerprint density at radius 3 is 2.80 bits per heavy atom. The highest BCUT2D eigenvalue weighted by Gasteiger charge is 2.33. The molecular formula is C11H11F3N4O2. The maximum atomic E-state index is 12.6. The quantitative estimate of drug-likeness (QED) is 0.923. The first-order valence-corrected chi connectivity index (χ1v) is 5.61. The van der Waals surface area contributed by atoms with Crippen LogP contribution < -0.4 is 4.90 Å². The SMILES string of the molecule is Cc1cc2c(N(CC(=O)O)CC(F)(F)F)nccn2n1. The lowest BCUT2D eigenvalue weighted by Crippen LogP contribution is -2.38. The molecule has 0 fully saturated rings. The Labute approximate surface area is 111 Å². The van der Waals surface area contributed by atoms with Gasteiger partial charge in [-0.3, -0.25) is 4.79 Å². The summed E-state index contributed by atoms with van der Waals surface area (Å²) in [5.41, 5.74) is 0.928. The van der Waals surface area contributed by atoms with Gasteiger partial charge in [0.15, 0.2) is 5.82 Å². The summed E-state index contributed by atoms with van der Waals surface area (Å²) < 4.78 is 39.1. The molecule has 9 heteroatoms. The lowest BCUT2D eigenvalue weighted by molar-refractivity contribution is -0.136. The van der Waals surface area contributed by atoms with Crippen molar-refractivity contribution in [1.82, 2.24) is 14.6 Å². The molecule has 1 N–H and O–H groups in total. The molecule has 2 aromatic heterocycles. The summed E-state index contributed by atoms with van der Waals surface area (Å²) in [6.07, 6.45) is -1.77. The van der Waals surface area contributed by atoms with Crippen molar-refractivity contribution in [3.8, 4) is 0 Å². The Morgan fingerprint density at radius 2 is 2.20 bits per heavy atom. The van der Waals surface area contributed by atoms with Crippen molar-refractivity contribution in [2.24, 2.45) is 0 Å². The van der Waals surface area contributed by atoms with Gasteiger partial charge in [0.25, 0.3) is 0 Å². The zero-order valence-corrected chi connectivity index (χ0v) is 10.4. The number of nitrogens with zero attached hydrogens (tertiary/aromatic N) is 4. The van der Waals surface area contributed by atoms with Crippen molar-refractivity contribution < 1.29 is 23.1 Å². The number of carboxylic acids is 1. The Hall–Kier alpha value is -2.32. The molecule has 0 saturated heterocycles. The second-order valence-electron chi connectivity index (χ2n) is 4.23. The van der Waals surface area contributed by atoms with Crippen LogP contribution in [0, 0.1) is 6.92 Å². The van der Waals surface area contributed by atoms with Gasteiger partial charge in [-0.05, 0) is 13.0 Å². The monoisotopic (exact) mass is 288 g/mol. The van der Waals surface area contributed by atoms with Gasteiger partial charge in [0, 0.05) is 12.4 Å². The molecule has 0 aliphatic rings. The van der Waals surface area contributed by atoms with E-state index in [1.807, 2.05) is 0 Å². The van der Waals surface area contributed by atoms with Gasteiger partial charge in [-0.2, -0.15) is 18.3 Å². The zero-order chi connectivity index (χ0) is 14.9. The van der Waals surface area contributed by atoms with E-state index in [2.05, 4.69) is 10.1 Å². The van der Waals surface area contributed by atoms with Crippen LogP contribution in [0.4, 0.5) is 19.0 Å². The van der Waals surface area contributed by atoms with E-state index >= 15 is 0 Å². The molecule has 0 unspecified atom stereocenters. The smallest absolute Gasteiger partial charge is 0.405 e. The van der Waals surface area contributed by atoms with E-state index in [1.54, 1.807) is 13.0 Å². The third-order valence-electron chi connectivity index (χ3n) is 2.49. The minimum absolute atomic E-state index is 0.0622. The summed E-state index contributed by atoms with van der Waals surface area (Å²) in [5, 5.41) is 12.8. The average molecular weight is 288 g/mol. The summed E-state index contributed by atoms with van der Waals surface area (Å²) in [5.74, 6) is -1.43. The molecule has 0 bridgehead atoms. The van der Waals surface area contributed by atoms with Crippen LogP contribution in [-0.2, 0) is 4.79 Å². The first kappa shape index (κ1) is 14.1. The van der Waals surface area contributed by atoms with Crippen molar-refractivity contribution in [1.29, 1.82) is 0 Å². The van der Waals surface area contributed by atoms with Crippen molar-refractivity contribution in [3.05, 3.63) is 24.2 Å². The van der Waals surface area contributed by atoms with Crippen LogP contribution in [0.15, 0.2) is 18.5 Å². The normalized spacial score (nSPS) is 11.8. The second kappa shape index (κ2) is 4.99. The fourth-order valence-electron chi connectivity index (χ4n) is 1.86. The third kappa shape index (κ3) is 3.16. The number of carboxylic acid groups (broad SMARTS) is 1. The molecule has 0 saturated carbocycles. The molecule has 20 heavy (non-hydrogen) atoms. The summed E-state index contributed by atoms with van der Waals surface area (Å²) in [4.78, 5) is 15.3. The summed E-state index contributed by atoms with van der Waals surface area (Å²) in [6, 6.07) is 1.55. The number of aryl methyl sites for hydroxylation is 1. The fourth-order valence-corrected chi connectivity index (χ4v) is 1.86. The van der Waals surface area contributed by atoms with Crippen molar-refractivity contribution in [2.75, 3.05) is 18.0 Å². The van der Waals surface area contributed by atoms with Gasteiger partial charge in [0.05, 0.1) is 5.69 Å². The fraction of sp³-hybridized carbons (Fsp3) is 0.364. The maximum absolute atomic E-state index is 12.6. The van der Waals surface area contributed by atoms with Gasteiger partial charge in [0.1, 0.15) is 18.6 Å². The van der Waals surface area contributed by atoms with E-state index in [1.165, 1.54) is 16.9 Å². The van der Waals surface area contributed by atoms with E-state index in [9.17, 15) is 18.0 Å². The van der Waals surface area contributed by atoms with Crippen molar-refractivity contribution in [3.63, 3.8) is 0 Å². The predicted molar refractivity (Wildman–Crippen MR) is 63.6 cm³/mol. The van der Waals surface area contributed by atoms with E-state index in [0.29, 0.717) is 16.1 Å². The maximum Gasteiger partial charge on any atom is 0.405 e. The number of rotatable bonds is 4.